The van der Waals surface area contributed by atoms with E-state index in [4.69, 9.17) is 4.74 Å². The zero-order chi connectivity index (χ0) is 16.0. The quantitative estimate of drug-likeness (QED) is 0.838. The zero-order valence-electron chi connectivity index (χ0n) is 14.1. The van der Waals surface area contributed by atoms with E-state index in [9.17, 15) is 4.79 Å². The van der Waals surface area contributed by atoms with Crippen molar-refractivity contribution in [1.82, 2.24) is 4.90 Å². The second kappa shape index (κ2) is 5.82. The largest absolute Gasteiger partial charge is 0.378 e. The second-order valence-electron chi connectivity index (χ2n) is 7.55. The van der Waals surface area contributed by atoms with Gasteiger partial charge in [-0.1, -0.05) is 6.07 Å². The molecule has 1 heterocycles. The number of nitrogens with zero attached hydrogens (tertiary/aromatic N) is 2. The van der Waals surface area contributed by atoms with Gasteiger partial charge in [0.1, 0.15) is 0 Å². The van der Waals surface area contributed by atoms with Crippen LogP contribution >= 0.6 is 0 Å². The maximum atomic E-state index is 13.0. The third kappa shape index (κ3) is 2.85. The number of anilines is 1. The van der Waals surface area contributed by atoms with Crippen LogP contribution in [-0.2, 0) is 4.74 Å². The fraction of sp³-hybridized carbons (Fsp3) is 0.632. The third-order valence-corrected chi connectivity index (χ3v) is 5.60. The number of likely N-dealkylation sites (tertiary alicyclic amines) is 1. The molecule has 0 aromatic heterocycles. The number of fused-ring (bicyclic) bond motifs is 2. The van der Waals surface area contributed by atoms with Gasteiger partial charge in [-0.2, -0.15) is 0 Å². The summed E-state index contributed by atoms with van der Waals surface area (Å²) < 4.78 is 6.19. The van der Waals surface area contributed by atoms with Gasteiger partial charge in [0.2, 0.25) is 0 Å². The summed E-state index contributed by atoms with van der Waals surface area (Å²) in [6.45, 7) is 1.76. The minimum absolute atomic E-state index is 0.168. The molecule has 1 saturated heterocycles. The number of carbonyl (C=O) groups excluding carboxylic acids is 1. The lowest BCUT2D eigenvalue weighted by atomic mass is 10.1. The molecule has 0 unspecified atom stereocenters. The topological polar surface area (TPSA) is 32.8 Å². The van der Waals surface area contributed by atoms with Crippen molar-refractivity contribution in [3.8, 4) is 0 Å². The van der Waals surface area contributed by atoms with E-state index in [0.29, 0.717) is 5.92 Å². The average Bonchev–Trinajstić information content (AvgIpc) is 3.24. The van der Waals surface area contributed by atoms with Gasteiger partial charge in [-0.05, 0) is 49.8 Å². The van der Waals surface area contributed by atoms with Crippen LogP contribution in [0.4, 0.5) is 5.69 Å². The van der Waals surface area contributed by atoms with E-state index < -0.39 is 0 Å². The predicted molar refractivity (Wildman–Crippen MR) is 90.8 cm³/mol. The SMILES string of the molecule is CN(C)c1cccc(C(=O)N2C[C@H]3CC[C@@H]2[C@@H]3OCC2CC2)c1. The van der Waals surface area contributed by atoms with Crippen molar-refractivity contribution in [2.24, 2.45) is 11.8 Å². The number of hydrogen-bond donors (Lipinski definition) is 0. The van der Waals surface area contributed by atoms with Gasteiger partial charge in [0, 0.05) is 44.4 Å². The molecular formula is C19H26N2O2. The molecule has 4 nitrogen and oxygen atoms in total. The van der Waals surface area contributed by atoms with E-state index in [2.05, 4.69) is 4.90 Å². The molecule has 4 heteroatoms. The van der Waals surface area contributed by atoms with E-state index in [1.165, 1.54) is 19.3 Å². The Hall–Kier alpha value is -1.55. The number of piperidine rings is 1. The summed E-state index contributed by atoms with van der Waals surface area (Å²) in [4.78, 5) is 17.1. The van der Waals surface area contributed by atoms with Crippen molar-refractivity contribution in [1.29, 1.82) is 0 Å². The Morgan fingerprint density at radius 2 is 2.09 bits per heavy atom. The maximum Gasteiger partial charge on any atom is 0.254 e. The first-order chi connectivity index (χ1) is 11.1. The summed E-state index contributed by atoms with van der Waals surface area (Å²) in [5.74, 6) is 1.50. The molecule has 0 spiro atoms. The Morgan fingerprint density at radius 1 is 1.26 bits per heavy atom. The van der Waals surface area contributed by atoms with Gasteiger partial charge in [-0.3, -0.25) is 4.79 Å². The molecule has 3 atom stereocenters. The van der Waals surface area contributed by atoms with Gasteiger partial charge >= 0.3 is 0 Å². The average molecular weight is 314 g/mol. The van der Waals surface area contributed by atoms with Crippen LogP contribution < -0.4 is 4.90 Å². The molecule has 2 aliphatic carbocycles. The van der Waals surface area contributed by atoms with Crippen LogP contribution in [0.5, 0.6) is 0 Å². The lowest BCUT2D eigenvalue weighted by Crippen LogP contribution is -2.40. The molecule has 124 valence electrons. The van der Waals surface area contributed by atoms with Crippen molar-refractivity contribution >= 4 is 11.6 Å². The van der Waals surface area contributed by atoms with Gasteiger partial charge in [-0.25, -0.2) is 0 Å². The van der Waals surface area contributed by atoms with Gasteiger partial charge in [0.05, 0.1) is 12.1 Å². The van der Waals surface area contributed by atoms with E-state index >= 15 is 0 Å². The molecule has 2 saturated carbocycles. The number of ether oxygens (including phenoxy) is 1. The van der Waals surface area contributed by atoms with Gasteiger partial charge in [0.15, 0.2) is 0 Å². The predicted octanol–water partition coefficient (Wildman–Crippen LogP) is 2.78. The molecule has 4 rings (SSSR count). The summed E-state index contributed by atoms with van der Waals surface area (Å²) in [5, 5.41) is 0. The molecule has 0 N–H and O–H groups in total. The first-order valence-electron chi connectivity index (χ1n) is 8.83. The molecule has 23 heavy (non-hydrogen) atoms. The van der Waals surface area contributed by atoms with Gasteiger partial charge in [-0.15, -0.1) is 0 Å². The Balaban J connectivity index is 1.47. The first kappa shape index (κ1) is 15.0. The minimum atomic E-state index is 0.168. The lowest BCUT2D eigenvalue weighted by molar-refractivity contribution is 0.0208. The minimum Gasteiger partial charge on any atom is -0.378 e. The molecular weight excluding hydrogens is 288 g/mol. The van der Waals surface area contributed by atoms with Gasteiger partial charge < -0.3 is 14.5 Å². The molecule has 3 fully saturated rings. The van der Waals surface area contributed by atoms with Gasteiger partial charge in [0.25, 0.3) is 5.91 Å². The van der Waals surface area contributed by atoms with E-state index in [1.54, 1.807) is 0 Å². The van der Waals surface area contributed by atoms with E-state index in [0.717, 1.165) is 36.7 Å². The normalized spacial score (nSPS) is 29.1. The number of rotatable bonds is 5. The molecule has 1 aromatic carbocycles. The number of carbonyl (C=O) groups is 1. The maximum absolute atomic E-state index is 13.0. The number of hydrogen-bond acceptors (Lipinski definition) is 3. The highest BCUT2D eigenvalue weighted by Crippen LogP contribution is 2.42. The van der Waals surface area contributed by atoms with Crippen molar-refractivity contribution in [3.05, 3.63) is 29.8 Å². The molecule has 1 aromatic rings. The second-order valence-corrected chi connectivity index (χ2v) is 7.55. The van der Waals surface area contributed by atoms with Crippen LogP contribution in [-0.4, -0.2) is 50.2 Å². The van der Waals surface area contributed by atoms with Crippen LogP contribution in [0.25, 0.3) is 0 Å². The molecule has 1 amide bonds. The number of amides is 1. The molecule has 1 aliphatic heterocycles. The standard InChI is InChI=1S/C19H26N2O2/c1-20(2)16-5-3-4-14(10-16)19(22)21-11-15-8-9-17(21)18(15)23-12-13-6-7-13/h3-5,10,13,15,17-18H,6-9,11-12H2,1-2H3/t15-,17-,18-/m1/s1. The Labute approximate surface area is 138 Å². The first-order valence-corrected chi connectivity index (χ1v) is 8.83. The van der Waals surface area contributed by atoms with Crippen molar-refractivity contribution in [2.75, 3.05) is 32.1 Å². The van der Waals surface area contributed by atoms with Crippen LogP contribution in [0.1, 0.15) is 36.0 Å². The number of benzene rings is 1. The Bertz CT molecular complexity index is 597. The zero-order valence-corrected chi connectivity index (χ0v) is 14.1. The molecule has 0 radical (unpaired) electrons. The van der Waals surface area contributed by atoms with E-state index in [-0.39, 0.29) is 18.1 Å². The third-order valence-electron chi connectivity index (χ3n) is 5.60. The van der Waals surface area contributed by atoms with Crippen molar-refractivity contribution < 1.29 is 9.53 Å². The van der Waals surface area contributed by atoms with Crippen molar-refractivity contribution in [2.45, 2.75) is 37.8 Å². The summed E-state index contributed by atoms with van der Waals surface area (Å²) >= 11 is 0. The van der Waals surface area contributed by atoms with Crippen molar-refractivity contribution in [3.63, 3.8) is 0 Å². The molecule has 3 aliphatic rings. The van der Waals surface area contributed by atoms with E-state index in [1.807, 2.05) is 43.3 Å². The van der Waals surface area contributed by atoms with Crippen LogP contribution in [0.3, 0.4) is 0 Å². The summed E-state index contributed by atoms with van der Waals surface area (Å²) in [6, 6.07) is 8.22. The summed E-state index contributed by atoms with van der Waals surface area (Å²) in [5.41, 5.74) is 1.87. The highest BCUT2D eigenvalue weighted by Gasteiger charge is 2.49. The molecule has 2 bridgehead atoms. The van der Waals surface area contributed by atoms with Crippen LogP contribution in [0.2, 0.25) is 0 Å². The summed E-state index contributed by atoms with van der Waals surface area (Å²) in [6.07, 6.45) is 5.22. The monoisotopic (exact) mass is 314 g/mol. The Kier molecular flexibility index (Phi) is 3.80. The summed E-state index contributed by atoms with van der Waals surface area (Å²) in [7, 11) is 4.01. The fourth-order valence-electron chi connectivity index (χ4n) is 4.04. The van der Waals surface area contributed by atoms with Crippen LogP contribution in [0.15, 0.2) is 24.3 Å². The fourth-order valence-corrected chi connectivity index (χ4v) is 4.04. The highest BCUT2D eigenvalue weighted by molar-refractivity contribution is 5.95. The smallest absolute Gasteiger partial charge is 0.254 e. The Morgan fingerprint density at radius 3 is 2.83 bits per heavy atom. The van der Waals surface area contributed by atoms with Crippen LogP contribution in [0, 0.1) is 11.8 Å². The lowest BCUT2D eigenvalue weighted by Gasteiger charge is -2.28. The highest BCUT2D eigenvalue weighted by atomic mass is 16.5.